The van der Waals surface area contributed by atoms with Crippen molar-refractivity contribution in [2.24, 2.45) is 0 Å². The van der Waals surface area contributed by atoms with Crippen molar-refractivity contribution in [3.05, 3.63) is 15.1 Å². The zero-order chi connectivity index (χ0) is 13.8. The third kappa shape index (κ3) is 3.53. The van der Waals surface area contributed by atoms with Gasteiger partial charge in [-0.25, -0.2) is 9.97 Å². The molecule has 1 aliphatic heterocycles. The molecule has 0 aromatic carbocycles. The van der Waals surface area contributed by atoms with Crippen LogP contribution in [-0.4, -0.2) is 55.8 Å². The molecule has 0 aliphatic carbocycles. The van der Waals surface area contributed by atoms with Crippen LogP contribution < -0.4 is 5.32 Å². The summed E-state index contributed by atoms with van der Waals surface area (Å²) in [6.07, 6.45) is -0.0709. The lowest BCUT2D eigenvalue weighted by Gasteiger charge is -2.29. The van der Waals surface area contributed by atoms with Gasteiger partial charge in [0.15, 0.2) is 5.82 Å². The molecule has 2 rings (SSSR count). The number of methoxy groups -OCH3 is 1. The number of hydrogen-bond acceptors (Lipinski definition) is 6. The maximum absolute atomic E-state index is 5.77. The number of nitrogens with one attached hydrogen (secondary N) is 1. The zero-order valence-electron chi connectivity index (χ0n) is 11.4. The highest BCUT2D eigenvalue weighted by Crippen LogP contribution is 2.25. The largest absolute Gasteiger partial charge is 0.378 e. The molecule has 7 heteroatoms. The van der Waals surface area contributed by atoms with E-state index in [2.05, 4.69) is 49.8 Å². The summed E-state index contributed by atoms with van der Waals surface area (Å²) in [5.41, 5.74) is 0.897. The smallest absolute Gasteiger partial charge is 0.161 e. The van der Waals surface area contributed by atoms with Gasteiger partial charge in [0.2, 0.25) is 0 Å². The Kier molecular flexibility index (Phi) is 5.31. The highest BCUT2D eigenvalue weighted by atomic mass is 127. The predicted octanol–water partition coefficient (Wildman–Crippen LogP) is 1.27. The van der Waals surface area contributed by atoms with Gasteiger partial charge >= 0.3 is 0 Å². The van der Waals surface area contributed by atoms with Gasteiger partial charge in [-0.1, -0.05) is 0 Å². The van der Waals surface area contributed by atoms with Crippen LogP contribution in [0.3, 0.4) is 0 Å². The van der Waals surface area contributed by atoms with E-state index in [9.17, 15) is 0 Å². The number of halogens is 1. The van der Waals surface area contributed by atoms with Gasteiger partial charge in [-0.2, -0.15) is 0 Å². The Balaban J connectivity index is 2.31. The van der Waals surface area contributed by atoms with Crippen molar-refractivity contribution >= 4 is 28.4 Å². The molecule has 0 spiro atoms. The van der Waals surface area contributed by atoms with Crippen LogP contribution in [0, 0.1) is 3.57 Å². The normalized spacial score (nSPS) is 20.5. The van der Waals surface area contributed by atoms with E-state index in [1.54, 1.807) is 7.11 Å². The van der Waals surface area contributed by atoms with Gasteiger partial charge in [0.25, 0.3) is 0 Å². The van der Waals surface area contributed by atoms with E-state index >= 15 is 0 Å². The van der Waals surface area contributed by atoms with Crippen LogP contribution in [0.2, 0.25) is 0 Å². The van der Waals surface area contributed by atoms with Gasteiger partial charge in [0, 0.05) is 27.2 Å². The van der Waals surface area contributed by atoms with Crippen LogP contribution in [0.1, 0.15) is 17.6 Å². The molecule has 1 saturated heterocycles. The summed E-state index contributed by atoms with van der Waals surface area (Å²) in [4.78, 5) is 11.4. The first-order chi connectivity index (χ1) is 9.15. The lowest BCUT2D eigenvalue weighted by Crippen LogP contribution is -2.36. The molecule has 6 nitrogen and oxygen atoms in total. The Morgan fingerprint density at radius 3 is 2.95 bits per heavy atom. The molecule has 1 aromatic rings. The summed E-state index contributed by atoms with van der Waals surface area (Å²) >= 11 is 2.24. The molecule has 0 radical (unpaired) electrons. The molecule has 2 heterocycles. The van der Waals surface area contributed by atoms with E-state index in [1.807, 2.05) is 7.05 Å². The number of morpholine rings is 1. The number of rotatable bonds is 4. The van der Waals surface area contributed by atoms with Crippen LogP contribution in [0.15, 0.2) is 0 Å². The summed E-state index contributed by atoms with van der Waals surface area (Å²) in [6.45, 7) is 2.96. The third-order valence-electron chi connectivity index (χ3n) is 3.01. The summed E-state index contributed by atoms with van der Waals surface area (Å²) < 4.78 is 12.0. The highest BCUT2D eigenvalue weighted by molar-refractivity contribution is 14.1. The van der Waals surface area contributed by atoms with Crippen LogP contribution in [-0.2, 0) is 16.1 Å². The minimum absolute atomic E-state index is 0.0709. The van der Waals surface area contributed by atoms with Crippen LogP contribution in [0.5, 0.6) is 0 Å². The number of ether oxygens (including phenoxy) is 2. The second kappa shape index (κ2) is 6.78. The number of hydrogen-bond donors (Lipinski definition) is 1. The van der Waals surface area contributed by atoms with E-state index in [4.69, 9.17) is 9.47 Å². The maximum Gasteiger partial charge on any atom is 0.161 e. The van der Waals surface area contributed by atoms with Crippen molar-refractivity contribution in [2.75, 3.05) is 46.2 Å². The van der Waals surface area contributed by atoms with Gasteiger partial charge in [0.05, 0.1) is 22.5 Å². The Bertz CT molecular complexity index is 444. The SMILES string of the molecule is CNc1nc(C2CN(C)CCO2)nc(COC)c1I. The van der Waals surface area contributed by atoms with Gasteiger partial charge in [-0.15, -0.1) is 0 Å². The number of anilines is 1. The number of aromatic nitrogens is 2. The van der Waals surface area contributed by atoms with Gasteiger partial charge in [0.1, 0.15) is 11.9 Å². The summed E-state index contributed by atoms with van der Waals surface area (Å²) in [5, 5.41) is 3.10. The van der Waals surface area contributed by atoms with Crippen molar-refractivity contribution in [3.63, 3.8) is 0 Å². The summed E-state index contributed by atoms with van der Waals surface area (Å²) in [6, 6.07) is 0. The van der Waals surface area contributed by atoms with E-state index in [1.165, 1.54) is 0 Å². The minimum Gasteiger partial charge on any atom is -0.378 e. The molecule has 0 saturated carbocycles. The topological polar surface area (TPSA) is 59.5 Å². The fourth-order valence-corrected chi connectivity index (χ4v) is 2.66. The average Bonchev–Trinajstić information content (AvgIpc) is 2.41. The molecular formula is C12H19IN4O2. The van der Waals surface area contributed by atoms with Crippen LogP contribution in [0.4, 0.5) is 5.82 Å². The van der Waals surface area contributed by atoms with E-state index in [-0.39, 0.29) is 6.10 Å². The first-order valence-electron chi connectivity index (χ1n) is 6.18. The van der Waals surface area contributed by atoms with Crippen LogP contribution >= 0.6 is 22.6 Å². The Morgan fingerprint density at radius 1 is 1.53 bits per heavy atom. The standard InChI is InChI=1S/C12H19IN4O2/c1-14-12-10(13)8(7-18-3)15-11(16-12)9-6-17(2)4-5-19-9/h9H,4-7H2,1-3H3,(H,14,15,16). The Morgan fingerprint density at radius 2 is 2.32 bits per heavy atom. The van der Waals surface area contributed by atoms with Crippen molar-refractivity contribution < 1.29 is 9.47 Å². The minimum atomic E-state index is -0.0709. The fraction of sp³-hybridized carbons (Fsp3) is 0.667. The maximum atomic E-state index is 5.77. The summed E-state index contributed by atoms with van der Waals surface area (Å²) in [5.74, 6) is 1.55. The fourth-order valence-electron chi connectivity index (χ4n) is 1.99. The molecule has 19 heavy (non-hydrogen) atoms. The number of nitrogens with zero attached hydrogens (tertiary/aromatic N) is 3. The van der Waals surface area contributed by atoms with Gasteiger partial charge in [-0.05, 0) is 29.6 Å². The average molecular weight is 378 g/mol. The lowest BCUT2D eigenvalue weighted by molar-refractivity contribution is -0.0256. The van der Waals surface area contributed by atoms with E-state index in [0.717, 1.165) is 34.0 Å². The second-order valence-electron chi connectivity index (χ2n) is 4.50. The molecule has 1 N–H and O–H groups in total. The first kappa shape index (κ1) is 14.9. The molecule has 0 bridgehead atoms. The first-order valence-corrected chi connectivity index (χ1v) is 7.26. The predicted molar refractivity (Wildman–Crippen MR) is 81.2 cm³/mol. The molecule has 1 aliphatic rings. The van der Waals surface area contributed by atoms with Crippen molar-refractivity contribution in [3.8, 4) is 0 Å². The molecule has 0 amide bonds. The lowest BCUT2D eigenvalue weighted by atomic mass is 10.2. The molecule has 1 atom stereocenters. The Hall–Kier alpha value is -0.510. The van der Waals surface area contributed by atoms with Gasteiger partial charge in [-0.3, -0.25) is 0 Å². The molecule has 1 fully saturated rings. The third-order valence-corrected chi connectivity index (χ3v) is 4.15. The van der Waals surface area contributed by atoms with Crippen molar-refractivity contribution in [2.45, 2.75) is 12.7 Å². The Labute approximate surface area is 127 Å². The second-order valence-corrected chi connectivity index (χ2v) is 5.57. The van der Waals surface area contributed by atoms with E-state index < -0.39 is 0 Å². The van der Waals surface area contributed by atoms with Crippen molar-refractivity contribution in [1.82, 2.24) is 14.9 Å². The monoisotopic (exact) mass is 378 g/mol. The quantitative estimate of drug-likeness (QED) is 0.797. The van der Waals surface area contributed by atoms with Gasteiger partial charge < -0.3 is 19.7 Å². The number of likely N-dealkylation sites (N-methyl/N-ethyl adjacent to an activating group) is 1. The molecule has 1 aromatic heterocycles. The van der Waals surface area contributed by atoms with E-state index in [0.29, 0.717) is 13.2 Å². The highest BCUT2D eigenvalue weighted by Gasteiger charge is 2.24. The summed E-state index contributed by atoms with van der Waals surface area (Å²) in [7, 11) is 5.61. The molecule has 1 unspecified atom stereocenters. The zero-order valence-corrected chi connectivity index (χ0v) is 13.6. The van der Waals surface area contributed by atoms with Crippen LogP contribution in [0.25, 0.3) is 0 Å². The molecular weight excluding hydrogens is 359 g/mol. The molecule has 106 valence electrons. The van der Waals surface area contributed by atoms with Crippen molar-refractivity contribution in [1.29, 1.82) is 0 Å².